The summed E-state index contributed by atoms with van der Waals surface area (Å²) in [6.07, 6.45) is 0. The molecule has 0 aromatic heterocycles. The van der Waals surface area contributed by atoms with Crippen LogP contribution in [-0.2, 0) is 0 Å². The zero-order valence-corrected chi connectivity index (χ0v) is 9.84. The van der Waals surface area contributed by atoms with Crippen LogP contribution in [0.15, 0.2) is 24.3 Å². The summed E-state index contributed by atoms with van der Waals surface area (Å²) < 4.78 is 0. The van der Waals surface area contributed by atoms with Crippen molar-refractivity contribution in [3.05, 3.63) is 44.4 Å². The Hall–Kier alpha value is -0.140. The van der Waals surface area contributed by atoms with E-state index < -0.39 is 0 Å². The topological polar surface area (TPSA) is 0 Å². The third-order valence-corrected chi connectivity index (χ3v) is 3.45. The summed E-state index contributed by atoms with van der Waals surface area (Å²) in [5.74, 6) is 0. The first-order valence-corrected chi connectivity index (χ1v) is 5.33. The van der Waals surface area contributed by atoms with Crippen LogP contribution in [-0.4, -0.2) is 0 Å². The Bertz CT molecular complexity index is 505. The van der Waals surface area contributed by atoms with E-state index in [1.807, 2.05) is 6.07 Å². The van der Waals surface area contributed by atoms with Gasteiger partial charge in [-0.3, -0.25) is 0 Å². The average Bonchev–Trinajstić information content (AvgIpc) is 2.14. The molecule has 0 aliphatic rings. The van der Waals surface area contributed by atoms with Crippen molar-refractivity contribution in [1.82, 2.24) is 0 Å². The molecular weight excluding hydrogens is 262 g/mol. The van der Waals surface area contributed by atoms with Crippen molar-refractivity contribution in [3.8, 4) is 0 Å². The van der Waals surface area contributed by atoms with E-state index in [1.54, 1.807) is 18.2 Å². The molecule has 0 heterocycles. The van der Waals surface area contributed by atoms with Crippen LogP contribution in [0.1, 0.15) is 0 Å². The average molecular weight is 266 g/mol. The Kier molecular flexibility index (Phi) is 2.81. The monoisotopic (exact) mass is 264 g/mol. The van der Waals surface area contributed by atoms with Crippen molar-refractivity contribution >= 4 is 57.2 Å². The third-order valence-electron chi connectivity index (χ3n) is 1.93. The Balaban J connectivity index is 2.91. The van der Waals surface area contributed by atoms with E-state index in [9.17, 15) is 0 Å². The number of hydrogen-bond donors (Lipinski definition) is 0. The molecule has 0 nitrogen and oxygen atoms in total. The van der Waals surface area contributed by atoms with E-state index in [4.69, 9.17) is 46.4 Å². The standard InChI is InChI=1S/C10H4Cl4/c11-6-1-2-7-5(3-6)4-8(12)10(14)9(7)13/h1-4H. The molecule has 2 aromatic rings. The van der Waals surface area contributed by atoms with Crippen molar-refractivity contribution in [2.75, 3.05) is 0 Å². The molecule has 0 atom stereocenters. The molecule has 0 saturated carbocycles. The molecule has 14 heavy (non-hydrogen) atoms. The maximum Gasteiger partial charge on any atom is 0.0785 e. The van der Waals surface area contributed by atoms with Gasteiger partial charge in [0.05, 0.1) is 15.1 Å². The van der Waals surface area contributed by atoms with Gasteiger partial charge in [-0.05, 0) is 23.6 Å². The molecule has 0 saturated heterocycles. The molecule has 0 aliphatic heterocycles. The van der Waals surface area contributed by atoms with Crippen LogP contribution < -0.4 is 0 Å². The molecule has 2 rings (SSSR count). The molecule has 0 radical (unpaired) electrons. The minimum atomic E-state index is 0.378. The van der Waals surface area contributed by atoms with Gasteiger partial charge in [0.2, 0.25) is 0 Å². The molecule has 72 valence electrons. The van der Waals surface area contributed by atoms with Crippen LogP contribution in [0, 0.1) is 0 Å². The van der Waals surface area contributed by atoms with Gasteiger partial charge in [0.1, 0.15) is 0 Å². The highest BCUT2D eigenvalue weighted by Crippen LogP contribution is 2.37. The zero-order valence-electron chi connectivity index (χ0n) is 6.82. The van der Waals surface area contributed by atoms with Crippen molar-refractivity contribution in [3.63, 3.8) is 0 Å². The van der Waals surface area contributed by atoms with Gasteiger partial charge in [-0.15, -0.1) is 0 Å². The summed E-state index contributed by atoms with van der Waals surface area (Å²) in [7, 11) is 0. The highest BCUT2D eigenvalue weighted by molar-refractivity contribution is 6.50. The van der Waals surface area contributed by atoms with Crippen molar-refractivity contribution in [2.45, 2.75) is 0 Å². The number of rotatable bonds is 0. The van der Waals surface area contributed by atoms with E-state index in [-0.39, 0.29) is 0 Å². The van der Waals surface area contributed by atoms with Crippen LogP contribution >= 0.6 is 46.4 Å². The van der Waals surface area contributed by atoms with Crippen LogP contribution in [0.2, 0.25) is 20.1 Å². The lowest BCUT2D eigenvalue weighted by Gasteiger charge is -2.04. The molecular formula is C10H4Cl4. The number of benzene rings is 2. The smallest absolute Gasteiger partial charge is 0.0785 e. The Morgan fingerprint density at radius 3 is 2.21 bits per heavy atom. The summed E-state index contributed by atoms with van der Waals surface area (Å²) >= 11 is 23.7. The van der Waals surface area contributed by atoms with Gasteiger partial charge in [-0.2, -0.15) is 0 Å². The van der Waals surface area contributed by atoms with Gasteiger partial charge in [0, 0.05) is 10.4 Å². The van der Waals surface area contributed by atoms with Crippen LogP contribution in [0.4, 0.5) is 0 Å². The third kappa shape index (κ3) is 1.68. The maximum atomic E-state index is 6.02. The predicted octanol–water partition coefficient (Wildman–Crippen LogP) is 5.45. The van der Waals surface area contributed by atoms with Gasteiger partial charge in [-0.1, -0.05) is 52.5 Å². The molecule has 0 bridgehead atoms. The molecule has 0 aliphatic carbocycles. The number of halogens is 4. The lowest BCUT2D eigenvalue weighted by molar-refractivity contribution is 1.74. The first-order valence-electron chi connectivity index (χ1n) is 3.82. The van der Waals surface area contributed by atoms with Crippen molar-refractivity contribution in [2.24, 2.45) is 0 Å². The van der Waals surface area contributed by atoms with Crippen LogP contribution in [0.5, 0.6) is 0 Å². The van der Waals surface area contributed by atoms with E-state index >= 15 is 0 Å². The molecule has 0 unspecified atom stereocenters. The minimum Gasteiger partial charge on any atom is -0.0843 e. The Labute approximate surface area is 101 Å². The Morgan fingerprint density at radius 2 is 1.50 bits per heavy atom. The SMILES string of the molecule is Clc1ccc2c(Cl)c(Cl)c(Cl)cc2c1. The van der Waals surface area contributed by atoms with E-state index in [1.165, 1.54) is 0 Å². The summed E-state index contributed by atoms with van der Waals surface area (Å²) in [5, 5.41) is 3.66. The van der Waals surface area contributed by atoms with Gasteiger partial charge < -0.3 is 0 Å². The van der Waals surface area contributed by atoms with Gasteiger partial charge in [0.25, 0.3) is 0 Å². The van der Waals surface area contributed by atoms with E-state index in [0.717, 1.165) is 10.8 Å². The molecule has 0 N–H and O–H groups in total. The second-order valence-electron chi connectivity index (χ2n) is 2.85. The minimum absolute atomic E-state index is 0.378. The lowest BCUT2D eigenvalue weighted by atomic mass is 10.1. The summed E-state index contributed by atoms with van der Waals surface area (Å²) in [5.41, 5.74) is 0. The highest BCUT2D eigenvalue weighted by atomic mass is 35.5. The second kappa shape index (κ2) is 3.79. The van der Waals surface area contributed by atoms with Crippen molar-refractivity contribution in [1.29, 1.82) is 0 Å². The summed E-state index contributed by atoms with van der Waals surface area (Å²) in [4.78, 5) is 0. The number of hydrogen-bond acceptors (Lipinski definition) is 0. The molecule has 0 fully saturated rings. The Morgan fingerprint density at radius 1 is 0.786 bits per heavy atom. The van der Waals surface area contributed by atoms with Gasteiger partial charge in [-0.25, -0.2) is 0 Å². The van der Waals surface area contributed by atoms with Crippen LogP contribution in [0.3, 0.4) is 0 Å². The first kappa shape index (κ1) is 10.4. The quantitative estimate of drug-likeness (QED) is 0.556. The van der Waals surface area contributed by atoms with E-state index in [0.29, 0.717) is 20.1 Å². The van der Waals surface area contributed by atoms with Crippen molar-refractivity contribution < 1.29 is 0 Å². The fraction of sp³-hybridized carbons (Fsp3) is 0. The number of fused-ring (bicyclic) bond motifs is 1. The van der Waals surface area contributed by atoms with Gasteiger partial charge >= 0.3 is 0 Å². The van der Waals surface area contributed by atoms with E-state index in [2.05, 4.69) is 0 Å². The lowest BCUT2D eigenvalue weighted by Crippen LogP contribution is -1.78. The predicted molar refractivity (Wildman–Crippen MR) is 64.0 cm³/mol. The normalized spacial score (nSPS) is 10.9. The molecule has 2 aromatic carbocycles. The second-order valence-corrected chi connectivity index (χ2v) is 4.45. The zero-order chi connectivity index (χ0) is 10.3. The highest BCUT2D eigenvalue weighted by Gasteiger charge is 2.08. The molecule has 0 spiro atoms. The summed E-state index contributed by atoms with van der Waals surface area (Å²) in [6.45, 7) is 0. The van der Waals surface area contributed by atoms with Gasteiger partial charge in [0.15, 0.2) is 0 Å². The fourth-order valence-corrected chi connectivity index (χ4v) is 2.15. The molecule has 4 heteroatoms. The maximum absolute atomic E-state index is 6.02. The van der Waals surface area contributed by atoms with Crippen LogP contribution in [0.25, 0.3) is 10.8 Å². The molecule has 0 amide bonds. The first-order chi connectivity index (χ1) is 6.59. The largest absolute Gasteiger partial charge is 0.0843 e. The fourth-order valence-electron chi connectivity index (χ4n) is 1.28. The summed E-state index contributed by atoms with van der Waals surface area (Å²) in [6, 6.07) is 7.13.